The molecular weight excluding hydrogens is 170 g/mol. The maximum absolute atomic E-state index is 11.2. The molecule has 0 aromatic carbocycles. The summed E-state index contributed by atoms with van der Waals surface area (Å²) in [6.45, 7) is 6.72. The zero-order valence-corrected chi connectivity index (χ0v) is 8.01. The smallest absolute Gasteiger partial charge is 0.353 e. The van der Waals surface area contributed by atoms with Crippen molar-refractivity contribution in [3.63, 3.8) is 0 Å². The van der Waals surface area contributed by atoms with Crippen LogP contribution in [0.1, 0.15) is 13.8 Å². The standard InChI is InChI=1S/C9H13NO3/c1-5-6(2)8(11)10-7(3)9(12)13-4/h5H,3H2,1-2,4H3,(H,10,11)/b6-5+. The summed E-state index contributed by atoms with van der Waals surface area (Å²) < 4.78 is 4.35. The molecule has 0 aliphatic heterocycles. The first kappa shape index (κ1) is 11.4. The van der Waals surface area contributed by atoms with Gasteiger partial charge < -0.3 is 10.1 Å². The van der Waals surface area contributed by atoms with E-state index in [-0.39, 0.29) is 11.6 Å². The Morgan fingerprint density at radius 3 is 2.38 bits per heavy atom. The molecule has 0 unspecified atom stereocenters. The summed E-state index contributed by atoms with van der Waals surface area (Å²) in [5, 5.41) is 2.31. The fraction of sp³-hybridized carbons (Fsp3) is 0.333. The summed E-state index contributed by atoms with van der Waals surface area (Å²) >= 11 is 0. The monoisotopic (exact) mass is 183 g/mol. The van der Waals surface area contributed by atoms with Crippen molar-refractivity contribution in [2.45, 2.75) is 13.8 Å². The van der Waals surface area contributed by atoms with E-state index in [9.17, 15) is 9.59 Å². The summed E-state index contributed by atoms with van der Waals surface area (Å²) in [6.07, 6.45) is 1.64. The van der Waals surface area contributed by atoms with Gasteiger partial charge in [0.05, 0.1) is 7.11 Å². The van der Waals surface area contributed by atoms with E-state index in [0.29, 0.717) is 5.57 Å². The Kier molecular flexibility index (Phi) is 4.51. The van der Waals surface area contributed by atoms with E-state index in [2.05, 4.69) is 16.6 Å². The first-order valence-corrected chi connectivity index (χ1v) is 3.74. The van der Waals surface area contributed by atoms with Crippen molar-refractivity contribution in [2.75, 3.05) is 7.11 Å². The quantitative estimate of drug-likeness (QED) is 0.519. The Labute approximate surface area is 77.3 Å². The zero-order chi connectivity index (χ0) is 10.4. The van der Waals surface area contributed by atoms with Crippen molar-refractivity contribution in [1.29, 1.82) is 0 Å². The van der Waals surface area contributed by atoms with Gasteiger partial charge in [-0.05, 0) is 13.8 Å². The average Bonchev–Trinajstić information content (AvgIpc) is 2.14. The fourth-order valence-corrected chi connectivity index (χ4v) is 0.541. The predicted molar refractivity (Wildman–Crippen MR) is 48.7 cm³/mol. The minimum absolute atomic E-state index is 0.0614. The molecule has 0 rings (SSSR count). The Morgan fingerprint density at radius 2 is 2.00 bits per heavy atom. The summed E-state index contributed by atoms with van der Waals surface area (Å²) in [7, 11) is 1.22. The molecule has 0 fully saturated rings. The highest BCUT2D eigenvalue weighted by Crippen LogP contribution is 1.95. The van der Waals surface area contributed by atoms with Crippen LogP contribution in [0.2, 0.25) is 0 Å². The van der Waals surface area contributed by atoms with Gasteiger partial charge in [-0.15, -0.1) is 0 Å². The van der Waals surface area contributed by atoms with E-state index >= 15 is 0 Å². The molecule has 0 aliphatic rings. The van der Waals surface area contributed by atoms with Crippen LogP contribution in [0.5, 0.6) is 0 Å². The van der Waals surface area contributed by atoms with Gasteiger partial charge in [-0.1, -0.05) is 12.7 Å². The average molecular weight is 183 g/mol. The Morgan fingerprint density at radius 1 is 1.46 bits per heavy atom. The highest BCUT2D eigenvalue weighted by atomic mass is 16.5. The molecule has 0 atom stereocenters. The second kappa shape index (κ2) is 5.13. The van der Waals surface area contributed by atoms with Gasteiger partial charge in [0.25, 0.3) is 5.91 Å². The van der Waals surface area contributed by atoms with Gasteiger partial charge in [0.1, 0.15) is 5.70 Å². The van der Waals surface area contributed by atoms with Crippen molar-refractivity contribution >= 4 is 11.9 Å². The minimum atomic E-state index is -0.641. The van der Waals surface area contributed by atoms with Crippen molar-refractivity contribution in [3.05, 3.63) is 23.9 Å². The van der Waals surface area contributed by atoms with E-state index in [1.807, 2.05) is 0 Å². The van der Waals surface area contributed by atoms with E-state index in [1.54, 1.807) is 19.9 Å². The van der Waals surface area contributed by atoms with Crippen LogP contribution in [0.4, 0.5) is 0 Å². The highest BCUT2D eigenvalue weighted by molar-refractivity contribution is 5.99. The number of amides is 1. The Bertz CT molecular complexity index is 266. The zero-order valence-electron chi connectivity index (χ0n) is 8.01. The molecule has 13 heavy (non-hydrogen) atoms. The number of methoxy groups -OCH3 is 1. The molecule has 0 spiro atoms. The molecule has 4 nitrogen and oxygen atoms in total. The molecule has 0 saturated heterocycles. The largest absolute Gasteiger partial charge is 0.464 e. The Balaban J connectivity index is 4.23. The molecule has 0 aromatic heterocycles. The molecule has 4 heteroatoms. The minimum Gasteiger partial charge on any atom is -0.464 e. The molecule has 0 aliphatic carbocycles. The lowest BCUT2D eigenvalue weighted by atomic mass is 10.2. The number of carbonyl (C=O) groups is 2. The van der Waals surface area contributed by atoms with Gasteiger partial charge in [-0.25, -0.2) is 4.79 Å². The molecular formula is C9H13NO3. The van der Waals surface area contributed by atoms with Crippen LogP contribution in [0.15, 0.2) is 23.9 Å². The van der Waals surface area contributed by atoms with Crippen LogP contribution >= 0.6 is 0 Å². The lowest BCUT2D eigenvalue weighted by Gasteiger charge is -2.05. The molecule has 0 aromatic rings. The fourth-order valence-electron chi connectivity index (χ4n) is 0.541. The number of carbonyl (C=O) groups excluding carboxylic acids is 2. The van der Waals surface area contributed by atoms with Crippen LogP contribution in [0.25, 0.3) is 0 Å². The number of hydrogen-bond donors (Lipinski definition) is 1. The molecule has 0 heterocycles. The third-order valence-electron chi connectivity index (χ3n) is 1.49. The van der Waals surface area contributed by atoms with E-state index in [0.717, 1.165) is 0 Å². The van der Waals surface area contributed by atoms with Gasteiger partial charge in [0, 0.05) is 5.57 Å². The first-order valence-electron chi connectivity index (χ1n) is 3.74. The van der Waals surface area contributed by atoms with Gasteiger partial charge in [-0.3, -0.25) is 4.79 Å². The molecule has 0 radical (unpaired) electrons. The van der Waals surface area contributed by atoms with Gasteiger partial charge >= 0.3 is 5.97 Å². The summed E-state index contributed by atoms with van der Waals surface area (Å²) in [5.41, 5.74) is 0.457. The maximum Gasteiger partial charge on any atom is 0.353 e. The van der Waals surface area contributed by atoms with Crippen LogP contribution in [0.3, 0.4) is 0 Å². The molecule has 0 bridgehead atoms. The third-order valence-corrected chi connectivity index (χ3v) is 1.49. The molecule has 0 saturated carbocycles. The molecule has 72 valence electrons. The van der Waals surface area contributed by atoms with Crippen molar-refractivity contribution < 1.29 is 14.3 Å². The first-order chi connectivity index (χ1) is 6.02. The highest BCUT2D eigenvalue weighted by Gasteiger charge is 2.10. The topological polar surface area (TPSA) is 55.4 Å². The van der Waals surface area contributed by atoms with Crippen LogP contribution < -0.4 is 5.32 Å². The number of nitrogens with one attached hydrogen (secondary N) is 1. The van der Waals surface area contributed by atoms with Gasteiger partial charge in [0.15, 0.2) is 0 Å². The normalized spacial score (nSPS) is 10.5. The number of hydrogen-bond acceptors (Lipinski definition) is 3. The second-order valence-corrected chi connectivity index (χ2v) is 2.40. The lowest BCUT2D eigenvalue weighted by Crippen LogP contribution is -2.27. The van der Waals surface area contributed by atoms with Crippen molar-refractivity contribution in [3.8, 4) is 0 Å². The van der Waals surface area contributed by atoms with E-state index in [4.69, 9.17) is 0 Å². The van der Waals surface area contributed by atoms with Gasteiger partial charge in [-0.2, -0.15) is 0 Å². The third kappa shape index (κ3) is 3.55. The van der Waals surface area contributed by atoms with E-state index in [1.165, 1.54) is 7.11 Å². The van der Waals surface area contributed by atoms with Crippen LogP contribution in [-0.4, -0.2) is 19.0 Å². The van der Waals surface area contributed by atoms with Crippen molar-refractivity contribution in [1.82, 2.24) is 5.32 Å². The number of ether oxygens (including phenoxy) is 1. The van der Waals surface area contributed by atoms with Crippen molar-refractivity contribution in [2.24, 2.45) is 0 Å². The summed E-state index contributed by atoms with van der Waals surface area (Å²) in [5.74, 6) is -0.991. The lowest BCUT2D eigenvalue weighted by molar-refractivity contribution is -0.137. The molecule has 1 N–H and O–H groups in total. The number of esters is 1. The predicted octanol–water partition coefficient (Wildman–Crippen LogP) is 0.755. The second-order valence-electron chi connectivity index (χ2n) is 2.40. The maximum atomic E-state index is 11.2. The number of rotatable bonds is 3. The Hall–Kier alpha value is -1.58. The van der Waals surface area contributed by atoms with E-state index < -0.39 is 5.97 Å². The molecule has 1 amide bonds. The van der Waals surface area contributed by atoms with Crippen LogP contribution in [-0.2, 0) is 14.3 Å². The van der Waals surface area contributed by atoms with Crippen LogP contribution in [0, 0.1) is 0 Å². The van der Waals surface area contributed by atoms with Gasteiger partial charge in [0.2, 0.25) is 0 Å². The summed E-state index contributed by atoms with van der Waals surface area (Å²) in [4.78, 5) is 22.0. The summed E-state index contributed by atoms with van der Waals surface area (Å²) in [6, 6.07) is 0. The SMILES string of the molecule is C=C(NC(=O)/C(C)=C/C)C(=O)OC. The number of allylic oxidation sites excluding steroid dienone is 1.